The van der Waals surface area contributed by atoms with Gasteiger partial charge in [0.2, 0.25) is 0 Å². The number of halogens is 3. The molecule has 6 nitrogen and oxygen atoms in total. The van der Waals surface area contributed by atoms with E-state index in [4.69, 9.17) is 38.2 Å². The van der Waals surface area contributed by atoms with Gasteiger partial charge in [-0.3, -0.25) is 15.0 Å². The number of rotatable bonds is 9. The highest BCUT2D eigenvalue weighted by atomic mass is 35.5. The minimum Gasteiger partial charge on any atom is -0.345 e. The average molecular weight is 726 g/mol. The summed E-state index contributed by atoms with van der Waals surface area (Å²) in [5.41, 5.74) is 3.89. The fraction of sp³-hybridized carbons (Fsp3) is 0.357. The van der Waals surface area contributed by atoms with E-state index in [1.165, 1.54) is 12.1 Å². The molecule has 3 aromatic carbocycles. The van der Waals surface area contributed by atoms with E-state index < -0.39 is 10.8 Å². The lowest BCUT2D eigenvalue weighted by molar-refractivity contribution is 0.293. The van der Waals surface area contributed by atoms with Gasteiger partial charge in [-0.2, -0.15) is 0 Å². The Morgan fingerprint density at radius 3 is 1.75 bits per heavy atom. The van der Waals surface area contributed by atoms with E-state index >= 15 is 0 Å². The Hall–Kier alpha value is -4.20. The zero-order valence-electron chi connectivity index (χ0n) is 30.4. The Bertz CT molecular complexity index is 1930. The quantitative estimate of drug-likeness (QED) is 0.206. The van der Waals surface area contributed by atoms with Crippen LogP contribution in [0.4, 0.5) is 4.39 Å². The number of amidine groups is 3. The molecule has 0 aromatic heterocycles. The van der Waals surface area contributed by atoms with E-state index in [1.807, 2.05) is 36.4 Å². The molecule has 0 bridgehead atoms. The van der Waals surface area contributed by atoms with Gasteiger partial charge in [-0.15, -0.1) is 0 Å². The van der Waals surface area contributed by atoms with Gasteiger partial charge >= 0.3 is 0 Å². The van der Waals surface area contributed by atoms with Gasteiger partial charge in [0.05, 0.1) is 28.2 Å². The second-order valence-corrected chi connectivity index (χ2v) is 16.9. The predicted molar refractivity (Wildman–Crippen MR) is 211 cm³/mol. The molecule has 0 aliphatic carbocycles. The van der Waals surface area contributed by atoms with Crippen molar-refractivity contribution in [1.82, 2.24) is 16.0 Å². The number of hydrogen-bond donors (Lipinski definition) is 3. The number of allylic oxidation sites excluding steroid dienone is 2. The van der Waals surface area contributed by atoms with Gasteiger partial charge in [0.1, 0.15) is 23.3 Å². The zero-order chi connectivity index (χ0) is 36.6. The third kappa shape index (κ3) is 8.31. The highest BCUT2D eigenvalue weighted by Crippen LogP contribution is 2.44. The van der Waals surface area contributed by atoms with E-state index in [1.54, 1.807) is 18.3 Å². The lowest BCUT2D eigenvalue weighted by atomic mass is 9.75. The molecule has 0 spiro atoms. The summed E-state index contributed by atoms with van der Waals surface area (Å²) >= 11 is 14.3. The molecule has 3 aliphatic heterocycles. The van der Waals surface area contributed by atoms with Crippen molar-refractivity contribution in [3.8, 4) is 0 Å². The van der Waals surface area contributed by atoms with Gasteiger partial charge in [0.25, 0.3) is 0 Å². The SMILES string of the molecule is CC(C)(C)C1C=C(CC(C)(C)C2N=C(c3ccccc3)NC(CC(C)(C)C3N=C(c4ccc(F)cc4)NC=C3Cl)=C2Cl)NC(c2ccccc2)=N1. The number of nitrogens with one attached hydrogen (secondary N) is 3. The summed E-state index contributed by atoms with van der Waals surface area (Å²) in [6.45, 7) is 15.4. The molecule has 51 heavy (non-hydrogen) atoms. The lowest BCUT2D eigenvalue weighted by Crippen LogP contribution is -2.43. The van der Waals surface area contributed by atoms with Crippen LogP contribution in [0.15, 0.2) is 134 Å². The molecule has 0 saturated carbocycles. The lowest BCUT2D eigenvalue weighted by Gasteiger charge is -2.40. The fourth-order valence-corrected chi connectivity index (χ4v) is 7.61. The van der Waals surface area contributed by atoms with Crippen molar-refractivity contribution < 1.29 is 4.39 Å². The van der Waals surface area contributed by atoms with Crippen LogP contribution in [-0.4, -0.2) is 35.6 Å². The van der Waals surface area contributed by atoms with Crippen LogP contribution in [0.25, 0.3) is 0 Å². The van der Waals surface area contributed by atoms with Crippen molar-refractivity contribution in [3.05, 3.63) is 141 Å². The maximum absolute atomic E-state index is 13.7. The Kier molecular flexibility index (Phi) is 10.4. The van der Waals surface area contributed by atoms with Gasteiger partial charge in [-0.1, -0.05) is 132 Å². The Morgan fingerprint density at radius 1 is 0.627 bits per heavy atom. The van der Waals surface area contributed by atoms with Crippen molar-refractivity contribution in [2.45, 2.75) is 79.4 Å². The van der Waals surface area contributed by atoms with Crippen LogP contribution in [-0.2, 0) is 0 Å². The van der Waals surface area contributed by atoms with Crippen molar-refractivity contribution in [2.24, 2.45) is 31.2 Å². The first-order valence-electron chi connectivity index (χ1n) is 17.5. The highest BCUT2D eigenvalue weighted by molar-refractivity contribution is 6.31. The first kappa shape index (κ1) is 36.6. The molecule has 0 amide bonds. The van der Waals surface area contributed by atoms with Crippen molar-refractivity contribution in [2.75, 3.05) is 0 Å². The van der Waals surface area contributed by atoms with E-state index in [2.05, 4.69) is 94.8 Å². The molecule has 6 rings (SSSR count). The number of hydrogen-bond acceptors (Lipinski definition) is 6. The molecule has 0 fully saturated rings. The fourth-order valence-electron chi connectivity index (χ4n) is 6.76. The van der Waals surface area contributed by atoms with Crippen LogP contribution < -0.4 is 16.0 Å². The minimum absolute atomic E-state index is 0.00155. The standard InChI is InChI=1S/C42H47Cl2FN6/c1-40(2,3)33-22-30(47-38(49-33)26-14-10-8-11-15-26)23-41(4,5)36-34(44)32(48-39(51-36)27-16-12-9-13-17-27)24-42(6,7)35-31(43)25-46-37(50-35)28-18-20-29(45)21-19-28/h8-22,25,33,35-36H,23-24H2,1-7H3,(H,46,50)(H,47,49)(H,48,51). The van der Waals surface area contributed by atoms with Gasteiger partial charge in [-0.25, -0.2) is 4.39 Å². The van der Waals surface area contributed by atoms with Crippen LogP contribution in [0, 0.1) is 22.1 Å². The monoisotopic (exact) mass is 724 g/mol. The molecule has 0 saturated heterocycles. The second kappa shape index (κ2) is 14.4. The molecule has 9 heteroatoms. The summed E-state index contributed by atoms with van der Waals surface area (Å²) in [6, 6.07) is 26.0. The first-order valence-corrected chi connectivity index (χ1v) is 18.2. The maximum Gasteiger partial charge on any atom is 0.133 e. The van der Waals surface area contributed by atoms with Crippen LogP contribution in [0.1, 0.15) is 78.0 Å². The van der Waals surface area contributed by atoms with Crippen LogP contribution in [0.5, 0.6) is 0 Å². The van der Waals surface area contributed by atoms with Crippen LogP contribution in [0.3, 0.4) is 0 Å². The minimum atomic E-state index is -0.467. The smallest absolute Gasteiger partial charge is 0.133 e. The summed E-state index contributed by atoms with van der Waals surface area (Å²) in [6.07, 6.45) is 5.29. The number of benzene rings is 3. The normalized spacial score (nSPS) is 21.3. The predicted octanol–water partition coefficient (Wildman–Crippen LogP) is 9.67. The number of aliphatic imine (C=N–C) groups is 3. The molecule has 3 unspecified atom stereocenters. The van der Waals surface area contributed by atoms with Crippen molar-refractivity contribution >= 4 is 40.7 Å². The zero-order valence-corrected chi connectivity index (χ0v) is 31.9. The molecular formula is C42H47Cl2FN6. The van der Waals surface area contributed by atoms with Crippen molar-refractivity contribution in [1.29, 1.82) is 0 Å². The summed E-state index contributed by atoms with van der Waals surface area (Å²) in [7, 11) is 0. The highest BCUT2D eigenvalue weighted by Gasteiger charge is 2.41. The Labute approximate surface area is 311 Å². The van der Waals surface area contributed by atoms with Gasteiger partial charge in [0, 0.05) is 34.3 Å². The summed E-state index contributed by atoms with van der Waals surface area (Å²) < 4.78 is 13.7. The van der Waals surface area contributed by atoms with E-state index in [-0.39, 0.29) is 29.4 Å². The summed E-state index contributed by atoms with van der Waals surface area (Å²) in [4.78, 5) is 15.5. The second-order valence-electron chi connectivity index (χ2n) is 16.1. The third-order valence-corrected chi connectivity index (χ3v) is 10.4. The molecule has 3 heterocycles. The Balaban J connectivity index is 1.33. The maximum atomic E-state index is 13.7. The van der Waals surface area contributed by atoms with Crippen LogP contribution >= 0.6 is 23.2 Å². The molecule has 3 aromatic rings. The van der Waals surface area contributed by atoms with E-state index in [0.29, 0.717) is 28.7 Å². The van der Waals surface area contributed by atoms with E-state index in [9.17, 15) is 4.39 Å². The summed E-state index contributed by atoms with van der Waals surface area (Å²) in [5.74, 6) is 1.99. The molecular weight excluding hydrogens is 678 g/mol. The summed E-state index contributed by atoms with van der Waals surface area (Å²) in [5, 5.41) is 11.7. The molecule has 3 aliphatic rings. The Morgan fingerprint density at radius 2 is 1.16 bits per heavy atom. The van der Waals surface area contributed by atoms with Gasteiger partial charge in [-0.05, 0) is 59.4 Å². The first-order chi connectivity index (χ1) is 24.1. The topological polar surface area (TPSA) is 73.2 Å². The van der Waals surface area contributed by atoms with Gasteiger partial charge < -0.3 is 16.0 Å². The van der Waals surface area contributed by atoms with Crippen LogP contribution in [0.2, 0.25) is 0 Å². The molecule has 3 N–H and O–H groups in total. The molecule has 3 atom stereocenters. The number of nitrogens with zero attached hydrogens (tertiary/aromatic N) is 3. The molecule has 0 radical (unpaired) electrons. The molecule has 266 valence electrons. The average Bonchev–Trinajstić information content (AvgIpc) is 3.09. The third-order valence-electron chi connectivity index (χ3n) is 9.69. The largest absolute Gasteiger partial charge is 0.345 e. The van der Waals surface area contributed by atoms with Gasteiger partial charge in [0.15, 0.2) is 0 Å². The van der Waals surface area contributed by atoms with Crippen molar-refractivity contribution in [3.63, 3.8) is 0 Å². The van der Waals surface area contributed by atoms with E-state index in [0.717, 1.165) is 39.8 Å².